The van der Waals surface area contributed by atoms with Gasteiger partial charge in [0.25, 0.3) is 0 Å². The molecule has 0 spiro atoms. The Hall–Kier alpha value is -6.26. The predicted molar refractivity (Wildman–Crippen MR) is 190 cm³/mol. The topological polar surface area (TPSA) is 35.1 Å². The van der Waals surface area contributed by atoms with E-state index in [0.717, 1.165) is 27.6 Å². The fourth-order valence-corrected chi connectivity index (χ4v) is 8.58. The van der Waals surface area contributed by atoms with Crippen molar-refractivity contribution in [2.75, 3.05) is 0 Å². The highest BCUT2D eigenvalue weighted by Gasteiger charge is 2.28. The Kier molecular flexibility index (Phi) is 3.96. The number of aromatic nitrogens is 4. The van der Waals surface area contributed by atoms with Gasteiger partial charge in [-0.3, -0.25) is 4.57 Å². The van der Waals surface area contributed by atoms with Gasteiger partial charge in [0.15, 0.2) is 0 Å². The molecule has 0 saturated carbocycles. The van der Waals surface area contributed by atoms with Crippen molar-refractivity contribution < 1.29 is 0 Å². The summed E-state index contributed by atoms with van der Waals surface area (Å²) >= 11 is 0. The SMILES string of the molecule is c1ccc2c(c1)-c1cccc3nc(-n4c5ccccc5c5cc6c7ccccc7n7c8c9ccccc9ccc8c(c54)c67)nc-2c13. The van der Waals surface area contributed by atoms with E-state index in [2.05, 4.69) is 142 Å². The number of para-hydroxylation sites is 2. The second kappa shape index (κ2) is 7.87. The molecule has 0 radical (unpaired) electrons. The highest BCUT2D eigenvalue weighted by molar-refractivity contribution is 6.36. The van der Waals surface area contributed by atoms with Crippen molar-refractivity contribution in [1.29, 1.82) is 0 Å². The molecule has 0 atom stereocenters. The third-order valence-corrected chi connectivity index (χ3v) is 10.4. The second-order valence-electron chi connectivity index (χ2n) is 12.5. The number of rotatable bonds is 1. The third-order valence-electron chi connectivity index (χ3n) is 10.4. The van der Waals surface area contributed by atoms with Crippen LogP contribution in [0.5, 0.6) is 0 Å². The molecule has 0 N–H and O–H groups in total. The predicted octanol–water partition coefficient (Wildman–Crippen LogP) is 10.7. The van der Waals surface area contributed by atoms with Gasteiger partial charge in [-0.15, -0.1) is 0 Å². The van der Waals surface area contributed by atoms with E-state index in [9.17, 15) is 0 Å². The zero-order valence-electron chi connectivity index (χ0n) is 24.5. The molecule has 4 nitrogen and oxygen atoms in total. The first kappa shape index (κ1) is 23.2. The van der Waals surface area contributed by atoms with E-state index in [4.69, 9.17) is 9.97 Å². The van der Waals surface area contributed by atoms with E-state index < -0.39 is 0 Å². The highest BCUT2D eigenvalue weighted by atomic mass is 15.2. The number of hydrogen-bond acceptors (Lipinski definition) is 2. The van der Waals surface area contributed by atoms with Gasteiger partial charge in [0.05, 0.1) is 38.8 Å². The first-order chi connectivity index (χ1) is 22.8. The zero-order chi connectivity index (χ0) is 29.7. The summed E-state index contributed by atoms with van der Waals surface area (Å²) in [6.45, 7) is 0. The normalized spacial score (nSPS) is 12.8. The van der Waals surface area contributed by atoms with Crippen molar-refractivity contribution in [2.45, 2.75) is 0 Å². The first-order valence-corrected chi connectivity index (χ1v) is 15.8. The largest absolute Gasteiger partial charge is 0.307 e. The number of fused-ring (bicyclic) bond motifs is 15. The van der Waals surface area contributed by atoms with Crippen molar-refractivity contribution in [1.82, 2.24) is 18.9 Å². The Morgan fingerprint density at radius 2 is 1.11 bits per heavy atom. The molecule has 46 heavy (non-hydrogen) atoms. The minimum atomic E-state index is 0.704. The van der Waals surface area contributed by atoms with E-state index in [-0.39, 0.29) is 0 Å². The maximum absolute atomic E-state index is 5.42. The van der Waals surface area contributed by atoms with Crippen molar-refractivity contribution >= 4 is 81.6 Å². The molecule has 4 heteroatoms. The Morgan fingerprint density at radius 3 is 2.00 bits per heavy atom. The van der Waals surface area contributed by atoms with Crippen LogP contribution in [0.4, 0.5) is 0 Å². The van der Waals surface area contributed by atoms with Gasteiger partial charge in [-0.25, -0.2) is 9.97 Å². The van der Waals surface area contributed by atoms with E-state index in [1.54, 1.807) is 0 Å². The lowest BCUT2D eigenvalue weighted by molar-refractivity contribution is 1.02. The smallest absolute Gasteiger partial charge is 0.235 e. The minimum absolute atomic E-state index is 0.704. The summed E-state index contributed by atoms with van der Waals surface area (Å²) in [5.41, 5.74) is 11.6. The van der Waals surface area contributed by atoms with Gasteiger partial charge in [0.1, 0.15) is 0 Å². The average Bonchev–Trinajstić information content (AvgIpc) is 3.83. The quantitative estimate of drug-likeness (QED) is 0.193. The summed E-state index contributed by atoms with van der Waals surface area (Å²) in [7, 11) is 0. The minimum Gasteiger partial charge on any atom is -0.307 e. The molecular formula is C42H22N4. The fraction of sp³-hybridized carbons (Fsp3) is 0. The lowest BCUT2D eigenvalue weighted by Gasteiger charge is -2.10. The fourth-order valence-electron chi connectivity index (χ4n) is 8.58. The van der Waals surface area contributed by atoms with E-state index in [0.29, 0.717) is 5.95 Å². The zero-order valence-corrected chi connectivity index (χ0v) is 24.5. The van der Waals surface area contributed by atoms with Crippen molar-refractivity contribution in [3.8, 4) is 28.3 Å². The molecule has 12 rings (SSSR count). The molecule has 7 aromatic carbocycles. The van der Waals surface area contributed by atoms with Crippen molar-refractivity contribution in [3.63, 3.8) is 0 Å². The molecule has 1 aliphatic carbocycles. The summed E-state index contributed by atoms with van der Waals surface area (Å²) in [5.74, 6) is 0.704. The van der Waals surface area contributed by atoms with Crippen LogP contribution >= 0.6 is 0 Å². The van der Waals surface area contributed by atoms with Crippen LogP contribution in [0.15, 0.2) is 133 Å². The summed E-state index contributed by atoms with van der Waals surface area (Å²) in [5, 5.41) is 11.1. The van der Waals surface area contributed by atoms with Gasteiger partial charge in [-0.1, -0.05) is 109 Å². The molecule has 0 aliphatic heterocycles. The number of hydrogen-bond donors (Lipinski definition) is 0. The number of nitrogens with zero attached hydrogens (tertiary/aromatic N) is 4. The van der Waals surface area contributed by atoms with Crippen molar-refractivity contribution in [2.24, 2.45) is 0 Å². The maximum atomic E-state index is 5.42. The maximum Gasteiger partial charge on any atom is 0.235 e. The van der Waals surface area contributed by atoms with E-state index >= 15 is 0 Å². The number of benzene rings is 7. The van der Waals surface area contributed by atoms with Crippen LogP contribution in [-0.4, -0.2) is 18.9 Å². The van der Waals surface area contributed by atoms with Crippen LogP contribution in [-0.2, 0) is 0 Å². The first-order valence-electron chi connectivity index (χ1n) is 15.8. The summed E-state index contributed by atoms with van der Waals surface area (Å²) in [4.78, 5) is 10.8. The van der Waals surface area contributed by atoms with Crippen LogP contribution < -0.4 is 0 Å². The molecule has 210 valence electrons. The lowest BCUT2D eigenvalue weighted by Crippen LogP contribution is -2.02. The summed E-state index contributed by atoms with van der Waals surface area (Å²) in [6, 6.07) is 48.4. The molecule has 11 aromatic rings. The standard InChI is InChI=1S/C42H22N4/c1-2-11-24-23(10-1)20-21-30-37-40-31(26-13-5-7-18-34(26)45(40)39(24)30)22-32-27-14-6-8-19-35(27)46(41(32)37)42-43-33-17-9-16-28-25-12-3-4-15-29(25)38(44-42)36(28)33/h1-22H. The highest BCUT2D eigenvalue weighted by Crippen LogP contribution is 2.49. The molecular weight excluding hydrogens is 560 g/mol. The molecule has 0 amide bonds. The molecule has 1 aliphatic rings. The summed E-state index contributed by atoms with van der Waals surface area (Å²) < 4.78 is 4.83. The van der Waals surface area contributed by atoms with Crippen molar-refractivity contribution in [3.05, 3.63) is 133 Å². The molecule has 4 aromatic heterocycles. The second-order valence-corrected chi connectivity index (χ2v) is 12.5. The Balaban J connectivity index is 1.35. The lowest BCUT2D eigenvalue weighted by atomic mass is 10.0. The average molecular weight is 583 g/mol. The molecule has 4 heterocycles. The van der Waals surface area contributed by atoms with Gasteiger partial charge in [0, 0.05) is 48.7 Å². The van der Waals surface area contributed by atoms with Crippen LogP contribution in [0.2, 0.25) is 0 Å². The van der Waals surface area contributed by atoms with E-state index in [1.807, 2.05) is 0 Å². The van der Waals surface area contributed by atoms with Crippen LogP contribution in [0.25, 0.3) is 110 Å². The monoisotopic (exact) mass is 582 g/mol. The Labute approximate surface area is 261 Å². The van der Waals surface area contributed by atoms with Gasteiger partial charge in [0.2, 0.25) is 5.95 Å². The van der Waals surface area contributed by atoms with Gasteiger partial charge < -0.3 is 4.40 Å². The molecule has 0 fully saturated rings. The van der Waals surface area contributed by atoms with Crippen LogP contribution in [0, 0.1) is 0 Å². The molecule has 0 unspecified atom stereocenters. The Morgan fingerprint density at radius 1 is 0.413 bits per heavy atom. The van der Waals surface area contributed by atoms with Gasteiger partial charge in [-0.2, -0.15) is 0 Å². The summed E-state index contributed by atoms with van der Waals surface area (Å²) in [6.07, 6.45) is 0. The Bertz CT molecular complexity index is 3140. The molecule has 0 bridgehead atoms. The van der Waals surface area contributed by atoms with Gasteiger partial charge >= 0.3 is 0 Å². The third kappa shape index (κ3) is 2.57. The van der Waals surface area contributed by atoms with Crippen LogP contribution in [0.3, 0.4) is 0 Å². The van der Waals surface area contributed by atoms with Crippen LogP contribution in [0.1, 0.15) is 0 Å². The molecule has 0 saturated heterocycles. The van der Waals surface area contributed by atoms with E-state index in [1.165, 1.54) is 76.3 Å². The van der Waals surface area contributed by atoms with Gasteiger partial charge in [-0.05, 0) is 40.8 Å².